The maximum Gasteiger partial charge on any atom is 0.418 e. The second kappa shape index (κ2) is 10.8. The fourth-order valence-electron chi connectivity index (χ4n) is 4.23. The number of alkyl halides is 3. The molecule has 9 heteroatoms. The molecule has 0 saturated carbocycles. The molecule has 2 aliphatic heterocycles. The van der Waals surface area contributed by atoms with E-state index in [9.17, 15) is 18.0 Å². The molecule has 0 N–H and O–H groups in total. The molecule has 0 radical (unpaired) electrons. The Morgan fingerprint density at radius 1 is 0.970 bits per heavy atom. The van der Waals surface area contributed by atoms with Crippen molar-refractivity contribution in [3.05, 3.63) is 23.8 Å². The standard InChI is InChI=1S/C24H36F3N3O3/c1-23(2,3)33-22(31)30-15-13-29(14-16-30)21-9-8-19(18-20(21)24(25,26)27)32-17-7-12-28-10-5-4-6-11-28/h8-9,18H,4-7,10-17H2,1-3H3. The summed E-state index contributed by atoms with van der Waals surface area (Å²) in [5, 5.41) is 0. The molecule has 0 bridgehead atoms. The predicted octanol–water partition coefficient (Wildman–Crippen LogP) is 5.02. The molecule has 2 fully saturated rings. The molecular weight excluding hydrogens is 435 g/mol. The van der Waals surface area contributed by atoms with Crippen molar-refractivity contribution in [3.8, 4) is 5.75 Å². The summed E-state index contributed by atoms with van der Waals surface area (Å²) < 4.78 is 52.5. The summed E-state index contributed by atoms with van der Waals surface area (Å²) in [4.78, 5) is 17.8. The topological polar surface area (TPSA) is 45.3 Å². The van der Waals surface area contributed by atoms with Crippen molar-refractivity contribution in [3.63, 3.8) is 0 Å². The maximum absolute atomic E-state index is 13.8. The number of ether oxygens (including phenoxy) is 2. The molecule has 186 valence electrons. The van der Waals surface area contributed by atoms with E-state index in [2.05, 4.69) is 4.90 Å². The van der Waals surface area contributed by atoms with E-state index in [1.807, 2.05) is 0 Å². The van der Waals surface area contributed by atoms with Crippen molar-refractivity contribution >= 4 is 11.8 Å². The first kappa shape index (κ1) is 25.5. The van der Waals surface area contributed by atoms with E-state index in [1.54, 1.807) is 31.7 Å². The highest BCUT2D eigenvalue weighted by Gasteiger charge is 2.36. The van der Waals surface area contributed by atoms with Crippen LogP contribution in [0, 0.1) is 0 Å². The molecule has 0 spiro atoms. The van der Waals surface area contributed by atoms with E-state index in [0.717, 1.165) is 32.1 Å². The smallest absolute Gasteiger partial charge is 0.418 e. The number of amides is 1. The van der Waals surface area contributed by atoms with Gasteiger partial charge in [0.1, 0.15) is 11.4 Å². The van der Waals surface area contributed by atoms with Gasteiger partial charge in [-0.2, -0.15) is 13.2 Å². The molecule has 2 heterocycles. The SMILES string of the molecule is CC(C)(C)OC(=O)N1CCN(c2ccc(OCCCN3CCCCC3)cc2C(F)(F)F)CC1. The Kier molecular flexibility index (Phi) is 8.37. The molecule has 2 saturated heterocycles. The van der Waals surface area contributed by atoms with Gasteiger partial charge in [0, 0.05) is 38.4 Å². The fraction of sp³-hybridized carbons (Fsp3) is 0.708. The zero-order chi connectivity index (χ0) is 24.1. The van der Waals surface area contributed by atoms with Crippen molar-refractivity contribution in [2.45, 2.75) is 58.2 Å². The Labute approximate surface area is 194 Å². The number of halogens is 3. The Morgan fingerprint density at radius 2 is 1.64 bits per heavy atom. The van der Waals surface area contributed by atoms with E-state index >= 15 is 0 Å². The average molecular weight is 472 g/mol. The summed E-state index contributed by atoms with van der Waals surface area (Å²) >= 11 is 0. The predicted molar refractivity (Wildman–Crippen MR) is 122 cm³/mol. The van der Waals surface area contributed by atoms with Crippen LogP contribution in [-0.2, 0) is 10.9 Å². The number of hydrogen-bond donors (Lipinski definition) is 0. The largest absolute Gasteiger partial charge is 0.494 e. The van der Waals surface area contributed by atoms with Crippen molar-refractivity contribution in [2.75, 3.05) is 57.3 Å². The second-order valence-electron chi connectivity index (χ2n) is 9.74. The van der Waals surface area contributed by atoms with Crippen molar-refractivity contribution in [1.29, 1.82) is 0 Å². The summed E-state index contributed by atoms with van der Waals surface area (Å²) in [6.45, 7) is 10.1. The molecule has 33 heavy (non-hydrogen) atoms. The zero-order valence-electron chi connectivity index (χ0n) is 19.9. The first-order valence-electron chi connectivity index (χ1n) is 11.8. The lowest BCUT2D eigenvalue weighted by atomic mass is 10.1. The Morgan fingerprint density at radius 3 is 2.24 bits per heavy atom. The van der Waals surface area contributed by atoms with Gasteiger partial charge < -0.3 is 24.2 Å². The van der Waals surface area contributed by atoms with E-state index in [4.69, 9.17) is 9.47 Å². The van der Waals surface area contributed by atoms with E-state index in [0.29, 0.717) is 32.8 Å². The first-order chi connectivity index (χ1) is 15.5. The van der Waals surface area contributed by atoms with Crippen molar-refractivity contribution in [2.24, 2.45) is 0 Å². The molecule has 1 aromatic carbocycles. The quantitative estimate of drug-likeness (QED) is 0.546. The van der Waals surface area contributed by atoms with Crippen LogP contribution in [0.3, 0.4) is 0 Å². The minimum Gasteiger partial charge on any atom is -0.494 e. The van der Waals surface area contributed by atoms with Crippen LogP contribution >= 0.6 is 0 Å². The molecule has 3 rings (SSSR count). The Balaban J connectivity index is 1.57. The molecule has 1 aromatic rings. The third-order valence-electron chi connectivity index (χ3n) is 5.88. The molecule has 6 nitrogen and oxygen atoms in total. The third-order valence-corrected chi connectivity index (χ3v) is 5.88. The number of rotatable bonds is 6. The molecule has 2 aliphatic rings. The van der Waals surface area contributed by atoms with Gasteiger partial charge in [0.25, 0.3) is 0 Å². The van der Waals surface area contributed by atoms with Crippen LogP contribution in [0.4, 0.5) is 23.7 Å². The van der Waals surface area contributed by atoms with Crippen LogP contribution in [0.15, 0.2) is 18.2 Å². The monoisotopic (exact) mass is 471 g/mol. The van der Waals surface area contributed by atoms with Gasteiger partial charge in [-0.25, -0.2) is 4.79 Å². The second-order valence-corrected chi connectivity index (χ2v) is 9.74. The number of anilines is 1. The molecule has 0 unspecified atom stereocenters. The summed E-state index contributed by atoms with van der Waals surface area (Å²) in [6.07, 6.45) is -0.450. The number of hydrogen-bond acceptors (Lipinski definition) is 5. The van der Waals surface area contributed by atoms with E-state index < -0.39 is 23.4 Å². The number of benzene rings is 1. The van der Waals surface area contributed by atoms with Crippen LogP contribution in [0.1, 0.15) is 52.0 Å². The van der Waals surface area contributed by atoms with Gasteiger partial charge in [-0.3, -0.25) is 0 Å². The molecule has 1 amide bonds. The van der Waals surface area contributed by atoms with Crippen LogP contribution in [0.25, 0.3) is 0 Å². The number of likely N-dealkylation sites (tertiary alicyclic amines) is 1. The minimum atomic E-state index is -4.50. The summed E-state index contributed by atoms with van der Waals surface area (Å²) in [6, 6.07) is 4.17. The average Bonchev–Trinajstić information content (AvgIpc) is 2.76. The van der Waals surface area contributed by atoms with Gasteiger partial charge >= 0.3 is 12.3 Å². The number of carbonyl (C=O) groups is 1. The number of carbonyl (C=O) groups excluding carboxylic acids is 1. The van der Waals surface area contributed by atoms with Crippen LogP contribution < -0.4 is 9.64 Å². The van der Waals surface area contributed by atoms with Gasteiger partial charge in [0.15, 0.2) is 0 Å². The number of nitrogens with zero attached hydrogens (tertiary/aromatic N) is 3. The van der Waals surface area contributed by atoms with Gasteiger partial charge in [0.2, 0.25) is 0 Å². The van der Waals surface area contributed by atoms with Gasteiger partial charge in [-0.15, -0.1) is 0 Å². The molecule has 0 aliphatic carbocycles. The first-order valence-corrected chi connectivity index (χ1v) is 11.8. The molecular formula is C24H36F3N3O3. The zero-order valence-corrected chi connectivity index (χ0v) is 19.9. The normalized spacial score (nSPS) is 18.4. The van der Waals surface area contributed by atoms with E-state index in [1.165, 1.54) is 30.2 Å². The highest BCUT2D eigenvalue weighted by molar-refractivity contribution is 5.69. The minimum absolute atomic E-state index is 0.118. The third kappa shape index (κ3) is 7.69. The van der Waals surface area contributed by atoms with Crippen LogP contribution in [0.5, 0.6) is 5.75 Å². The summed E-state index contributed by atoms with van der Waals surface area (Å²) in [5.74, 6) is 0.233. The van der Waals surface area contributed by atoms with Crippen LogP contribution in [-0.4, -0.2) is 73.9 Å². The van der Waals surface area contributed by atoms with Crippen molar-refractivity contribution < 1.29 is 27.4 Å². The number of piperidine rings is 1. The lowest BCUT2D eigenvalue weighted by Gasteiger charge is -2.37. The van der Waals surface area contributed by atoms with Crippen LogP contribution in [0.2, 0.25) is 0 Å². The highest BCUT2D eigenvalue weighted by Crippen LogP contribution is 2.39. The van der Waals surface area contributed by atoms with Gasteiger partial charge in [-0.05, 0) is 71.3 Å². The molecule has 0 aromatic heterocycles. The molecule has 0 atom stereocenters. The fourth-order valence-corrected chi connectivity index (χ4v) is 4.23. The highest BCUT2D eigenvalue weighted by atomic mass is 19.4. The lowest BCUT2D eigenvalue weighted by Crippen LogP contribution is -2.50. The lowest BCUT2D eigenvalue weighted by molar-refractivity contribution is -0.137. The maximum atomic E-state index is 13.8. The Bertz CT molecular complexity index is 781. The van der Waals surface area contributed by atoms with E-state index in [-0.39, 0.29) is 11.4 Å². The summed E-state index contributed by atoms with van der Waals surface area (Å²) in [5.41, 5.74) is -1.20. The van der Waals surface area contributed by atoms with Crippen molar-refractivity contribution in [1.82, 2.24) is 9.80 Å². The number of piperazine rings is 1. The Hall–Kier alpha value is -2.16. The summed E-state index contributed by atoms with van der Waals surface area (Å²) in [7, 11) is 0. The van der Waals surface area contributed by atoms with Gasteiger partial charge in [-0.1, -0.05) is 6.42 Å². The van der Waals surface area contributed by atoms with Gasteiger partial charge in [0.05, 0.1) is 12.2 Å².